The van der Waals surface area contributed by atoms with Gasteiger partial charge in [-0.1, -0.05) is 30.5 Å². The lowest BCUT2D eigenvalue weighted by Crippen LogP contribution is -2.36. The Hall–Kier alpha value is -1.02. The Morgan fingerprint density at radius 1 is 1.13 bits per heavy atom. The predicted molar refractivity (Wildman–Crippen MR) is 63.1 cm³/mol. The van der Waals surface area contributed by atoms with Crippen LogP contribution >= 0.6 is 0 Å². The van der Waals surface area contributed by atoms with Crippen LogP contribution < -0.4 is 5.32 Å². The Morgan fingerprint density at radius 3 is 2.47 bits per heavy atom. The number of nitrogens with one attached hydrogen (secondary N) is 1. The molecule has 0 spiro atoms. The first kappa shape index (κ1) is 10.5. The zero-order valence-corrected chi connectivity index (χ0v) is 9.24. The molecule has 2 nitrogen and oxygen atoms in total. The zero-order valence-electron chi connectivity index (χ0n) is 9.24. The molecule has 0 amide bonds. The van der Waals surface area contributed by atoms with E-state index >= 15 is 0 Å². The van der Waals surface area contributed by atoms with Gasteiger partial charge in [-0.3, -0.25) is 0 Å². The second-order valence-electron chi connectivity index (χ2n) is 4.47. The molecule has 1 aliphatic carbocycles. The normalized spacial score (nSPS) is 26.3. The maximum absolute atomic E-state index is 9.82. The van der Waals surface area contributed by atoms with Crippen molar-refractivity contribution in [2.45, 2.75) is 44.8 Å². The first-order valence-electron chi connectivity index (χ1n) is 5.77. The fraction of sp³-hybridized carbons (Fsp3) is 0.538. The standard InChI is InChI=1S/C13H19NO/c1-10-6-8-11(9-7-10)14-12-4-2-3-5-13(12)15/h6-9,12-15H,2-5H2,1H3/t12-,13-/m1/s1. The number of benzene rings is 1. The van der Waals surface area contributed by atoms with E-state index in [1.54, 1.807) is 0 Å². The van der Waals surface area contributed by atoms with E-state index in [4.69, 9.17) is 0 Å². The molecule has 2 atom stereocenters. The second kappa shape index (κ2) is 4.67. The van der Waals surface area contributed by atoms with E-state index in [-0.39, 0.29) is 12.1 Å². The van der Waals surface area contributed by atoms with Crippen molar-refractivity contribution in [2.75, 3.05) is 5.32 Å². The Kier molecular flexibility index (Phi) is 3.27. The molecule has 1 aromatic carbocycles. The van der Waals surface area contributed by atoms with Gasteiger partial charge in [-0.2, -0.15) is 0 Å². The van der Waals surface area contributed by atoms with Gasteiger partial charge in [0, 0.05) is 5.69 Å². The van der Waals surface area contributed by atoms with Crippen LogP contribution in [-0.2, 0) is 0 Å². The number of aliphatic hydroxyl groups is 1. The summed E-state index contributed by atoms with van der Waals surface area (Å²) in [6.45, 7) is 2.08. The summed E-state index contributed by atoms with van der Waals surface area (Å²) in [7, 11) is 0. The minimum Gasteiger partial charge on any atom is -0.391 e. The van der Waals surface area contributed by atoms with Crippen LogP contribution in [0.1, 0.15) is 31.2 Å². The maximum atomic E-state index is 9.82. The third-order valence-electron chi connectivity index (χ3n) is 3.13. The van der Waals surface area contributed by atoms with Crippen molar-refractivity contribution in [3.63, 3.8) is 0 Å². The highest BCUT2D eigenvalue weighted by molar-refractivity contribution is 5.45. The molecule has 0 radical (unpaired) electrons. The van der Waals surface area contributed by atoms with E-state index in [0.29, 0.717) is 0 Å². The third kappa shape index (κ3) is 2.72. The summed E-state index contributed by atoms with van der Waals surface area (Å²) >= 11 is 0. The quantitative estimate of drug-likeness (QED) is 0.778. The topological polar surface area (TPSA) is 32.3 Å². The largest absolute Gasteiger partial charge is 0.391 e. The van der Waals surface area contributed by atoms with Gasteiger partial charge in [-0.05, 0) is 31.9 Å². The van der Waals surface area contributed by atoms with Crippen molar-refractivity contribution in [1.29, 1.82) is 0 Å². The molecular weight excluding hydrogens is 186 g/mol. The summed E-state index contributed by atoms with van der Waals surface area (Å²) in [5, 5.41) is 13.2. The lowest BCUT2D eigenvalue weighted by Gasteiger charge is -2.29. The first-order chi connectivity index (χ1) is 7.25. The Morgan fingerprint density at radius 2 is 1.80 bits per heavy atom. The van der Waals surface area contributed by atoms with Crippen molar-refractivity contribution in [1.82, 2.24) is 0 Å². The van der Waals surface area contributed by atoms with Crippen LogP contribution in [0.4, 0.5) is 5.69 Å². The van der Waals surface area contributed by atoms with Gasteiger partial charge in [0.05, 0.1) is 12.1 Å². The highest BCUT2D eigenvalue weighted by atomic mass is 16.3. The molecule has 0 unspecified atom stereocenters. The van der Waals surface area contributed by atoms with Crippen molar-refractivity contribution in [2.24, 2.45) is 0 Å². The fourth-order valence-corrected chi connectivity index (χ4v) is 2.14. The van der Waals surface area contributed by atoms with E-state index in [2.05, 4.69) is 36.5 Å². The van der Waals surface area contributed by atoms with Crippen LogP contribution in [-0.4, -0.2) is 17.3 Å². The lowest BCUT2D eigenvalue weighted by molar-refractivity contribution is 0.116. The van der Waals surface area contributed by atoms with Gasteiger partial charge in [0.25, 0.3) is 0 Å². The number of hydrogen-bond acceptors (Lipinski definition) is 2. The average Bonchev–Trinajstić information content (AvgIpc) is 2.25. The van der Waals surface area contributed by atoms with Crippen LogP contribution in [0.2, 0.25) is 0 Å². The summed E-state index contributed by atoms with van der Waals surface area (Å²) in [5.74, 6) is 0. The van der Waals surface area contributed by atoms with E-state index in [0.717, 1.165) is 24.9 Å². The van der Waals surface area contributed by atoms with E-state index in [9.17, 15) is 5.11 Å². The summed E-state index contributed by atoms with van der Waals surface area (Å²) in [4.78, 5) is 0. The van der Waals surface area contributed by atoms with Crippen LogP contribution in [0.5, 0.6) is 0 Å². The summed E-state index contributed by atoms with van der Waals surface area (Å²) in [5.41, 5.74) is 2.39. The van der Waals surface area contributed by atoms with Crippen LogP contribution in [0, 0.1) is 6.92 Å². The highest BCUT2D eigenvalue weighted by Crippen LogP contribution is 2.22. The van der Waals surface area contributed by atoms with Crippen LogP contribution in [0.15, 0.2) is 24.3 Å². The molecule has 1 aromatic rings. The van der Waals surface area contributed by atoms with Gasteiger partial charge in [-0.15, -0.1) is 0 Å². The molecule has 1 fully saturated rings. The van der Waals surface area contributed by atoms with Crippen molar-refractivity contribution >= 4 is 5.69 Å². The minimum absolute atomic E-state index is 0.181. The molecule has 0 aromatic heterocycles. The number of aliphatic hydroxyl groups excluding tert-OH is 1. The van der Waals surface area contributed by atoms with Gasteiger partial charge in [0.15, 0.2) is 0 Å². The van der Waals surface area contributed by atoms with Crippen molar-refractivity contribution in [3.8, 4) is 0 Å². The molecule has 0 saturated heterocycles. The summed E-state index contributed by atoms with van der Waals surface area (Å²) < 4.78 is 0. The van der Waals surface area contributed by atoms with E-state index in [1.165, 1.54) is 12.0 Å². The molecule has 0 bridgehead atoms. The Bertz CT molecular complexity index is 307. The van der Waals surface area contributed by atoms with Crippen molar-refractivity contribution < 1.29 is 5.11 Å². The molecule has 2 N–H and O–H groups in total. The number of hydrogen-bond donors (Lipinski definition) is 2. The van der Waals surface area contributed by atoms with Gasteiger partial charge < -0.3 is 10.4 Å². The molecule has 15 heavy (non-hydrogen) atoms. The molecule has 1 saturated carbocycles. The SMILES string of the molecule is Cc1ccc(N[C@@H]2CCCC[C@H]2O)cc1. The second-order valence-corrected chi connectivity index (χ2v) is 4.47. The van der Waals surface area contributed by atoms with Gasteiger partial charge in [0.2, 0.25) is 0 Å². The Balaban J connectivity index is 1.98. The molecule has 2 rings (SSSR count). The number of rotatable bonds is 2. The van der Waals surface area contributed by atoms with Crippen LogP contribution in [0.25, 0.3) is 0 Å². The third-order valence-corrected chi connectivity index (χ3v) is 3.13. The molecule has 1 aliphatic rings. The number of anilines is 1. The summed E-state index contributed by atoms with van der Waals surface area (Å²) in [6, 6.07) is 8.59. The average molecular weight is 205 g/mol. The Labute approximate surface area is 91.3 Å². The molecule has 0 heterocycles. The molecule has 2 heteroatoms. The molecular formula is C13H19NO. The predicted octanol–water partition coefficient (Wildman–Crippen LogP) is 2.71. The van der Waals surface area contributed by atoms with E-state index < -0.39 is 0 Å². The maximum Gasteiger partial charge on any atom is 0.0741 e. The lowest BCUT2D eigenvalue weighted by atomic mass is 9.92. The zero-order chi connectivity index (χ0) is 10.7. The fourth-order valence-electron chi connectivity index (χ4n) is 2.14. The smallest absolute Gasteiger partial charge is 0.0741 e. The van der Waals surface area contributed by atoms with Crippen LogP contribution in [0.3, 0.4) is 0 Å². The summed E-state index contributed by atoms with van der Waals surface area (Å²) in [6.07, 6.45) is 4.21. The van der Waals surface area contributed by atoms with E-state index in [1.807, 2.05) is 0 Å². The van der Waals surface area contributed by atoms with Gasteiger partial charge in [0.1, 0.15) is 0 Å². The molecule has 0 aliphatic heterocycles. The molecule has 82 valence electrons. The number of aryl methyl sites for hydroxylation is 1. The van der Waals surface area contributed by atoms with Gasteiger partial charge in [-0.25, -0.2) is 0 Å². The highest BCUT2D eigenvalue weighted by Gasteiger charge is 2.22. The van der Waals surface area contributed by atoms with Crippen molar-refractivity contribution in [3.05, 3.63) is 29.8 Å². The monoisotopic (exact) mass is 205 g/mol. The minimum atomic E-state index is -0.181. The first-order valence-corrected chi connectivity index (χ1v) is 5.77. The van der Waals surface area contributed by atoms with Gasteiger partial charge >= 0.3 is 0 Å².